The molecule has 0 radical (unpaired) electrons. The zero-order valence-corrected chi connectivity index (χ0v) is 8.42. The molecular weight excluding hydrogens is 291 g/mol. The van der Waals surface area contributed by atoms with Gasteiger partial charge in [-0.2, -0.15) is 5.26 Å². The molecule has 3 nitrogen and oxygen atoms in total. The van der Waals surface area contributed by atoms with E-state index in [1.807, 2.05) is 0 Å². The van der Waals surface area contributed by atoms with Crippen LogP contribution in [0.15, 0.2) is 6.07 Å². The van der Waals surface area contributed by atoms with E-state index in [0.29, 0.717) is 3.57 Å². The van der Waals surface area contributed by atoms with Crippen molar-refractivity contribution >= 4 is 28.3 Å². The molecule has 0 spiro atoms. The molecule has 0 bridgehead atoms. The summed E-state index contributed by atoms with van der Waals surface area (Å²) in [6.07, 6.45) is -2.70. The molecule has 0 unspecified atom stereocenters. The maximum absolute atomic E-state index is 12.2. The van der Waals surface area contributed by atoms with Crippen LogP contribution >= 0.6 is 22.6 Å². The standard InChI is InChI=1S/C7H4F2IN3/c8-7(9)4-1-3(12)6(10)5(2-11)13-4/h1,7H,(H2,12,13). The van der Waals surface area contributed by atoms with Gasteiger partial charge in [-0.3, -0.25) is 0 Å². The van der Waals surface area contributed by atoms with Crippen LogP contribution in [-0.4, -0.2) is 4.98 Å². The molecule has 0 aromatic carbocycles. The van der Waals surface area contributed by atoms with Crippen molar-refractivity contribution in [1.29, 1.82) is 5.26 Å². The van der Waals surface area contributed by atoms with Crippen LogP contribution in [0, 0.1) is 14.9 Å². The number of hydrogen-bond acceptors (Lipinski definition) is 3. The van der Waals surface area contributed by atoms with Crippen LogP contribution in [0.2, 0.25) is 0 Å². The molecule has 0 aliphatic heterocycles. The zero-order chi connectivity index (χ0) is 10.0. The number of rotatable bonds is 1. The Morgan fingerprint density at radius 1 is 1.62 bits per heavy atom. The molecule has 6 heteroatoms. The van der Waals surface area contributed by atoms with E-state index in [9.17, 15) is 8.78 Å². The number of alkyl halides is 2. The number of nitrogen functional groups attached to an aromatic ring is 1. The predicted octanol–water partition coefficient (Wildman–Crippen LogP) is 2.08. The van der Waals surface area contributed by atoms with Crippen LogP contribution in [-0.2, 0) is 0 Å². The van der Waals surface area contributed by atoms with Gasteiger partial charge in [0.2, 0.25) is 0 Å². The third kappa shape index (κ3) is 2.03. The molecule has 0 saturated heterocycles. The predicted molar refractivity (Wildman–Crippen MR) is 51.0 cm³/mol. The fraction of sp³-hybridized carbons (Fsp3) is 0.143. The van der Waals surface area contributed by atoms with E-state index in [-0.39, 0.29) is 11.4 Å². The molecule has 0 atom stereocenters. The van der Waals surface area contributed by atoms with E-state index in [2.05, 4.69) is 4.98 Å². The molecule has 0 aliphatic rings. The van der Waals surface area contributed by atoms with Crippen LogP contribution in [0.5, 0.6) is 0 Å². The Morgan fingerprint density at radius 3 is 2.69 bits per heavy atom. The Kier molecular flexibility index (Phi) is 2.98. The second-order valence-electron chi connectivity index (χ2n) is 2.21. The van der Waals surface area contributed by atoms with E-state index in [0.717, 1.165) is 6.07 Å². The third-order valence-corrected chi connectivity index (χ3v) is 2.47. The maximum atomic E-state index is 12.2. The minimum absolute atomic E-state index is 0.0594. The Morgan fingerprint density at radius 2 is 2.23 bits per heavy atom. The minimum atomic E-state index is -2.70. The highest BCUT2D eigenvalue weighted by Gasteiger charge is 2.14. The van der Waals surface area contributed by atoms with Gasteiger partial charge in [-0.05, 0) is 28.7 Å². The van der Waals surface area contributed by atoms with Crippen molar-refractivity contribution < 1.29 is 8.78 Å². The topological polar surface area (TPSA) is 62.7 Å². The normalized spacial score (nSPS) is 10.1. The Hall–Kier alpha value is -0.970. The monoisotopic (exact) mass is 295 g/mol. The first kappa shape index (κ1) is 10.1. The van der Waals surface area contributed by atoms with Gasteiger partial charge in [0.15, 0.2) is 5.69 Å². The summed E-state index contributed by atoms with van der Waals surface area (Å²) < 4.78 is 24.7. The van der Waals surface area contributed by atoms with E-state index < -0.39 is 12.1 Å². The SMILES string of the molecule is N#Cc1nc(C(F)F)cc(N)c1I. The third-order valence-electron chi connectivity index (χ3n) is 1.34. The molecule has 13 heavy (non-hydrogen) atoms. The van der Waals surface area contributed by atoms with E-state index in [4.69, 9.17) is 11.0 Å². The summed E-state index contributed by atoms with van der Waals surface area (Å²) in [6, 6.07) is 2.78. The lowest BCUT2D eigenvalue weighted by Gasteiger charge is -2.03. The van der Waals surface area contributed by atoms with Gasteiger partial charge in [0.1, 0.15) is 11.8 Å². The fourth-order valence-electron chi connectivity index (χ4n) is 0.756. The second-order valence-corrected chi connectivity index (χ2v) is 3.29. The maximum Gasteiger partial charge on any atom is 0.280 e. The lowest BCUT2D eigenvalue weighted by molar-refractivity contribution is 0.146. The quantitative estimate of drug-likeness (QED) is 0.807. The average molecular weight is 295 g/mol. The number of anilines is 1. The highest BCUT2D eigenvalue weighted by atomic mass is 127. The summed E-state index contributed by atoms with van der Waals surface area (Å²) in [5.41, 5.74) is 5.04. The fourth-order valence-corrected chi connectivity index (χ4v) is 1.15. The first-order valence-electron chi connectivity index (χ1n) is 3.20. The molecule has 0 amide bonds. The average Bonchev–Trinajstić information content (AvgIpc) is 2.09. The number of nitrogens with two attached hydrogens (primary N) is 1. The summed E-state index contributed by atoms with van der Waals surface area (Å²) in [7, 11) is 0. The molecule has 1 heterocycles. The van der Waals surface area contributed by atoms with Gasteiger partial charge in [0.25, 0.3) is 6.43 Å². The highest BCUT2D eigenvalue weighted by Crippen LogP contribution is 2.24. The Labute approximate surface area is 86.7 Å². The number of nitrogens with zero attached hydrogens (tertiary/aromatic N) is 2. The van der Waals surface area contributed by atoms with Crippen molar-refractivity contribution in [2.75, 3.05) is 5.73 Å². The number of aromatic nitrogens is 1. The molecule has 1 aromatic heterocycles. The Balaban J connectivity index is 3.32. The summed E-state index contributed by atoms with van der Waals surface area (Å²) in [6.45, 7) is 0. The first-order valence-corrected chi connectivity index (χ1v) is 4.28. The van der Waals surface area contributed by atoms with Crippen molar-refractivity contribution in [3.8, 4) is 6.07 Å². The lowest BCUT2D eigenvalue weighted by atomic mass is 10.3. The summed E-state index contributed by atoms with van der Waals surface area (Å²) in [4.78, 5) is 3.45. The lowest BCUT2D eigenvalue weighted by Crippen LogP contribution is -2.01. The van der Waals surface area contributed by atoms with Crippen molar-refractivity contribution in [3.05, 3.63) is 21.0 Å². The second kappa shape index (κ2) is 3.83. The Bertz CT molecular complexity index is 373. The molecule has 1 aromatic rings. The molecule has 2 N–H and O–H groups in total. The van der Waals surface area contributed by atoms with E-state index in [1.54, 1.807) is 28.7 Å². The van der Waals surface area contributed by atoms with Crippen LogP contribution in [0.4, 0.5) is 14.5 Å². The molecule has 0 aliphatic carbocycles. The van der Waals surface area contributed by atoms with E-state index in [1.165, 1.54) is 0 Å². The van der Waals surface area contributed by atoms with E-state index >= 15 is 0 Å². The van der Waals surface area contributed by atoms with Crippen molar-refractivity contribution in [2.24, 2.45) is 0 Å². The minimum Gasteiger partial charge on any atom is -0.398 e. The van der Waals surface area contributed by atoms with Crippen LogP contribution in [0.3, 0.4) is 0 Å². The molecule has 0 fully saturated rings. The summed E-state index contributed by atoms with van der Waals surface area (Å²) >= 11 is 1.79. The summed E-state index contributed by atoms with van der Waals surface area (Å²) in [5, 5.41) is 8.53. The molecule has 68 valence electrons. The smallest absolute Gasteiger partial charge is 0.280 e. The van der Waals surface area contributed by atoms with Gasteiger partial charge in [-0.15, -0.1) is 0 Å². The molecular formula is C7H4F2IN3. The van der Waals surface area contributed by atoms with Gasteiger partial charge in [-0.25, -0.2) is 13.8 Å². The van der Waals surface area contributed by atoms with Crippen LogP contribution in [0.25, 0.3) is 0 Å². The first-order chi connectivity index (χ1) is 6.06. The van der Waals surface area contributed by atoms with Gasteiger partial charge < -0.3 is 5.73 Å². The molecule has 0 saturated carbocycles. The largest absolute Gasteiger partial charge is 0.398 e. The van der Waals surface area contributed by atoms with Gasteiger partial charge in [-0.1, -0.05) is 0 Å². The number of hydrogen-bond donors (Lipinski definition) is 1. The van der Waals surface area contributed by atoms with Crippen LogP contribution in [0.1, 0.15) is 17.8 Å². The number of nitriles is 1. The van der Waals surface area contributed by atoms with Gasteiger partial charge >= 0.3 is 0 Å². The van der Waals surface area contributed by atoms with Crippen molar-refractivity contribution in [1.82, 2.24) is 4.98 Å². The van der Waals surface area contributed by atoms with Crippen molar-refractivity contribution in [3.63, 3.8) is 0 Å². The number of pyridine rings is 1. The summed E-state index contributed by atoms with van der Waals surface area (Å²) in [5.74, 6) is 0. The zero-order valence-electron chi connectivity index (χ0n) is 6.26. The van der Waals surface area contributed by atoms with Crippen molar-refractivity contribution in [2.45, 2.75) is 6.43 Å². The molecule has 1 rings (SSSR count). The highest BCUT2D eigenvalue weighted by molar-refractivity contribution is 14.1. The van der Waals surface area contributed by atoms with Gasteiger partial charge in [0.05, 0.1) is 3.57 Å². The van der Waals surface area contributed by atoms with Gasteiger partial charge in [0, 0.05) is 5.69 Å². The number of halogens is 3. The van der Waals surface area contributed by atoms with Crippen LogP contribution < -0.4 is 5.73 Å².